The van der Waals surface area contributed by atoms with Crippen LogP contribution in [0.25, 0.3) is 0 Å². The third-order valence-electron chi connectivity index (χ3n) is 3.25. The Balaban J connectivity index is 1.94. The zero-order chi connectivity index (χ0) is 15.0. The summed E-state index contributed by atoms with van der Waals surface area (Å²) >= 11 is 1.36. The van der Waals surface area contributed by atoms with Crippen molar-refractivity contribution >= 4 is 29.9 Å². The Labute approximate surface area is 125 Å². The van der Waals surface area contributed by atoms with Gasteiger partial charge >= 0.3 is 13.1 Å². The van der Waals surface area contributed by atoms with Crippen molar-refractivity contribution in [3.8, 4) is 10.9 Å². The number of benzene rings is 1. The van der Waals surface area contributed by atoms with Crippen molar-refractivity contribution in [2.75, 3.05) is 0 Å². The molecule has 1 aliphatic rings. The summed E-state index contributed by atoms with van der Waals surface area (Å²) < 4.78 is 10.9. The fourth-order valence-electron chi connectivity index (χ4n) is 2.46. The van der Waals surface area contributed by atoms with Crippen LogP contribution >= 0.6 is 11.3 Å². The number of rotatable bonds is 4. The molecular formula is C13H12BNO5S. The first kappa shape index (κ1) is 14.1. The molecule has 0 amide bonds. The van der Waals surface area contributed by atoms with E-state index in [1.807, 2.05) is 6.92 Å². The van der Waals surface area contributed by atoms with E-state index in [9.17, 15) is 9.82 Å². The number of nitrogens with zero attached hydrogens (tertiary/aromatic N) is 1. The van der Waals surface area contributed by atoms with Crippen molar-refractivity contribution in [1.29, 1.82) is 0 Å². The van der Waals surface area contributed by atoms with E-state index in [0.29, 0.717) is 16.4 Å². The molecule has 2 heterocycles. The van der Waals surface area contributed by atoms with Gasteiger partial charge in [-0.25, -0.2) is 4.98 Å². The predicted octanol–water partition coefficient (Wildman–Crippen LogP) is 1.48. The van der Waals surface area contributed by atoms with E-state index >= 15 is 0 Å². The molecule has 1 atom stereocenters. The van der Waals surface area contributed by atoms with Crippen LogP contribution < -0.4 is 10.2 Å². The minimum Gasteiger partial charge on any atom is -0.481 e. The summed E-state index contributed by atoms with van der Waals surface area (Å²) in [6.45, 7) is 1.84. The maximum absolute atomic E-state index is 10.9. The molecule has 0 spiro atoms. The van der Waals surface area contributed by atoms with E-state index in [0.717, 1.165) is 11.1 Å². The van der Waals surface area contributed by atoms with E-state index in [4.69, 9.17) is 14.5 Å². The van der Waals surface area contributed by atoms with Crippen LogP contribution in [-0.4, -0.2) is 28.2 Å². The molecule has 21 heavy (non-hydrogen) atoms. The van der Waals surface area contributed by atoms with E-state index in [1.54, 1.807) is 23.7 Å². The third kappa shape index (κ3) is 2.78. The van der Waals surface area contributed by atoms with Crippen molar-refractivity contribution in [1.82, 2.24) is 4.98 Å². The van der Waals surface area contributed by atoms with Crippen LogP contribution in [0.15, 0.2) is 23.7 Å². The lowest BCUT2D eigenvalue weighted by Gasteiger charge is -2.13. The third-order valence-corrected chi connectivity index (χ3v) is 3.90. The van der Waals surface area contributed by atoms with Gasteiger partial charge in [-0.2, -0.15) is 0 Å². The summed E-state index contributed by atoms with van der Waals surface area (Å²) in [6.07, 6.45) is 0.819. The number of aryl methyl sites for hydroxylation is 1. The number of hydrogen-bond acceptors (Lipinski definition) is 6. The van der Waals surface area contributed by atoms with Gasteiger partial charge in [-0.05, 0) is 35.6 Å². The Bertz CT molecular complexity index is 675. The quantitative estimate of drug-likeness (QED) is 0.832. The highest BCUT2D eigenvalue weighted by molar-refractivity contribution is 7.11. The van der Waals surface area contributed by atoms with Gasteiger partial charge in [-0.1, -0.05) is 11.3 Å². The Kier molecular flexibility index (Phi) is 3.67. The van der Waals surface area contributed by atoms with Crippen molar-refractivity contribution in [3.05, 3.63) is 34.8 Å². The SMILES string of the molecule is Cc1cc(Oc2nccs2)cc2c1C(CC(=O)O)OB2O. The maximum Gasteiger partial charge on any atom is 0.492 e. The smallest absolute Gasteiger partial charge is 0.481 e. The highest BCUT2D eigenvalue weighted by atomic mass is 32.1. The zero-order valence-electron chi connectivity index (χ0n) is 11.1. The number of fused-ring (bicyclic) bond motifs is 1. The summed E-state index contributed by atoms with van der Waals surface area (Å²) in [5, 5.41) is 21.2. The molecule has 108 valence electrons. The molecule has 0 fully saturated rings. The lowest BCUT2D eigenvalue weighted by molar-refractivity contribution is -0.138. The predicted molar refractivity (Wildman–Crippen MR) is 77.1 cm³/mol. The molecule has 0 bridgehead atoms. The number of thiazole rings is 1. The van der Waals surface area contributed by atoms with Crippen LogP contribution in [0.4, 0.5) is 0 Å². The number of carbonyl (C=O) groups is 1. The van der Waals surface area contributed by atoms with Gasteiger partial charge < -0.3 is 19.5 Å². The number of ether oxygens (including phenoxy) is 1. The molecule has 0 saturated carbocycles. The average molecular weight is 305 g/mol. The van der Waals surface area contributed by atoms with E-state index < -0.39 is 19.2 Å². The fraction of sp³-hybridized carbons (Fsp3) is 0.231. The Morgan fingerprint density at radius 1 is 1.57 bits per heavy atom. The van der Waals surface area contributed by atoms with Crippen LogP contribution in [0.3, 0.4) is 0 Å². The first-order valence-corrected chi connectivity index (χ1v) is 7.19. The Morgan fingerprint density at radius 3 is 3.05 bits per heavy atom. The highest BCUT2D eigenvalue weighted by Gasteiger charge is 2.37. The zero-order valence-corrected chi connectivity index (χ0v) is 12.0. The molecule has 1 aromatic carbocycles. The molecule has 3 rings (SSSR count). The van der Waals surface area contributed by atoms with Crippen molar-refractivity contribution in [2.45, 2.75) is 19.4 Å². The minimum atomic E-state index is -1.14. The Morgan fingerprint density at radius 2 is 2.38 bits per heavy atom. The molecule has 1 aromatic heterocycles. The van der Waals surface area contributed by atoms with Gasteiger partial charge in [0, 0.05) is 11.6 Å². The number of hydrogen-bond donors (Lipinski definition) is 2. The van der Waals surface area contributed by atoms with Crippen LogP contribution in [-0.2, 0) is 9.45 Å². The monoisotopic (exact) mass is 305 g/mol. The van der Waals surface area contributed by atoms with Gasteiger partial charge in [-0.15, -0.1) is 0 Å². The largest absolute Gasteiger partial charge is 0.492 e. The summed E-state index contributed by atoms with van der Waals surface area (Å²) in [5.41, 5.74) is 2.09. The normalized spacial score (nSPS) is 16.9. The molecule has 2 N–H and O–H groups in total. The van der Waals surface area contributed by atoms with Gasteiger partial charge in [0.15, 0.2) is 0 Å². The molecular weight excluding hydrogens is 293 g/mol. The summed E-state index contributed by atoms with van der Waals surface area (Å²) in [7, 11) is -1.14. The molecule has 6 nitrogen and oxygen atoms in total. The number of carboxylic acids is 1. The van der Waals surface area contributed by atoms with Crippen molar-refractivity contribution < 1.29 is 24.3 Å². The van der Waals surface area contributed by atoms with Crippen LogP contribution in [0.5, 0.6) is 10.9 Å². The standard InChI is InChI=1S/C13H12BNO5S/c1-7-4-8(19-13-15-2-3-21-13)5-9-12(7)10(6-11(16)17)20-14(9)18/h2-5,10,18H,6H2,1H3,(H,16,17). The van der Waals surface area contributed by atoms with Gasteiger partial charge in [0.1, 0.15) is 5.75 Å². The lowest BCUT2D eigenvalue weighted by Crippen LogP contribution is -2.28. The second kappa shape index (κ2) is 5.47. The lowest BCUT2D eigenvalue weighted by atomic mass is 9.77. The van der Waals surface area contributed by atoms with E-state index in [1.165, 1.54) is 11.3 Å². The minimum absolute atomic E-state index is 0.183. The molecule has 0 radical (unpaired) electrons. The van der Waals surface area contributed by atoms with Crippen LogP contribution in [0.1, 0.15) is 23.7 Å². The first-order valence-electron chi connectivity index (χ1n) is 6.31. The van der Waals surface area contributed by atoms with Crippen LogP contribution in [0, 0.1) is 6.92 Å². The number of carboxylic acid groups (broad SMARTS) is 1. The second-order valence-electron chi connectivity index (χ2n) is 4.72. The number of aliphatic carboxylic acids is 1. The first-order chi connectivity index (χ1) is 10.0. The van der Waals surface area contributed by atoms with Crippen LogP contribution in [0.2, 0.25) is 0 Å². The highest BCUT2D eigenvalue weighted by Crippen LogP contribution is 2.33. The van der Waals surface area contributed by atoms with Crippen molar-refractivity contribution in [2.24, 2.45) is 0 Å². The van der Waals surface area contributed by atoms with Gasteiger partial charge in [-0.3, -0.25) is 4.79 Å². The number of aromatic nitrogens is 1. The second-order valence-corrected chi connectivity index (χ2v) is 5.58. The van der Waals surface area contributed by atoms with E-state index in [2.05, 4.69) is 4.98 Å². The average Bonchev–Trinajstić information content (AvgIpc) is 2.98. The van der Waals surface area contributed by atoms with Gasteiger partial charge in [0.2, 0.25) is 0 Å². The van der Waals surface area contributed by atoms with E-state index in [-0.39, 0.29) is 6.42 Å². The summed E-state index contributed by atoms with van der Waals surface area (Å²) in [4.78, 5) is 14.9. The molecule has 2 aromatic rings. The molecule has 1 unspecified atom stereocenters. The molecule has 0 aliphatic carbocycles. The van der Waals surface area contributed by atoms with Gasteiger partial charge in [0.05, 0.1) is 12.5 Å². The van der Waals surface area contributed by atoms with Gasteiger partial charge in [0.25, 0.3) is 5.19 Å². The topological polar surface area (TPSA) is 88.9 Å². The molecule has 0 saturated heterocycles. The fourth-order valence-corrected chi connectivity index (χ4v) is 2.97. The molecule has 8 heteroatoms. The Hall–Kier alpha value is -1.90. The van der Waals surface area contributed by atoms with Crippen molar-refractivity contribution in [3.63, 3.8) is 0 Å². The molecule has 1 aliphatic heterocycles. The maximum atomic E-state index is 10.9. The summed E-state index contributed by atoms with van der Waals surface area (Å²) in [6, 6.07) is 3.45. The summed E-state index contributed by atoms with van der Waals surface area (Å²) in [5.74, 6) is -0.428.